The molecule has 1 aliphatic heterocycles. The van der Waals surface area contributed by atoms with Gasteiger partial charge in [0.25, 0.3) is 0 Å². The molecule has 10 nitrogen and oxygen atoms in total. The highest BCUT2D eigenvalue weighted by Gasteiger charge is 2.35. The maximum atomic E-state index is 13.0. The van der Waals surface area contributed by atoms with Crippen molar-refractivity contribution in [3.8, 4) is 17.1 Å². The molecule has 37 heavy (non-hydrogen) atoms. The molecule has 196 valence electrons. The van der Waals surface area contributed by atoms with Gasteiger partial charge in [-0.25, -0.2) is 15.0 Å². The van der Waals surface area contributed by atoms with E-state index >= 15 is 0 Å². The number of aryl methyl sites for hydroxylation is 2. The Labute approximate surface area is 211 Å². The first-order chi connectivity index (χ1) is 17.6. The Morgan fingerprint density at radius 2 is 1.92 bits per heavy atom. The average Bonchev–Trinajstić information content (AvgIpc) is 3.56. The highest BCUT2D eigenvalue weighted by atomic mass is 19.4. The Morgan fingerprint density at radius 3 is 2.57 bits per heavy atom. The molecule has 3 aromatic rings. The van der Waals surface area contributed by atoms with E-state index in [-0.39, 0.29) is 11.5 Å². The Bertz CT molecular complexity index is 1400. The zero-order valence-electron chi connectivity index (χ0n) is 20.7. The van der Waals surface area contributed by atoms with Gasteiger partial charge in [-0.2, -0.15) is 18.3 Å². The zero-order valence-corrected chi connectivity index (χ0v) is 20.7. The molecule has 2 aliphatic rings. The standard InChI is InChI=1S/C24H28F3N9O/c1-34-11-17(24(25,26)27)32-22(34)15(28)6-7-18(29)36-9-8-16-14(10-36)21(33-35(16)2)19-20(13-4-5-13)30-12-31-23(19)37-3/h6-7,11-13H,4-5,8-10,28-29H2,1-3H3/b15-6-,18-7+. The molecule has 0 spiro atoms. The van der Waals surface area contributed by atoms with Gasteiger partial charge >= 0.3 is 6.18 Å². The van der Waals surface area contributed by atoms with Crippen LogP contribution in [-0.2, 0) is 33.2 Å². The van der Waals surface area contributed by atoms with Crippen molar-refractivity contribution in [1.29, 1.82) is 0 Å². The average molecular weight is 516 g/mol. The summed E-state index contributed by atoms with van der Waals surface area (Å²) in [6.07, 6.45) is 3.76. The zero-order chi connectivity index (χ0) is 26.5. The second-order valence-electron chi connectivity index (χ2n) is 9.26. The number of allylic oxidation sites excluding steroid dienone is 2. The lowest BCUT2D eigenvalue weighted by atomic mass is 9.99. The summed E-state index contributed by atoms with van der Waals surface area (Å²) in [4.78, 5) is 14.5. The van der Waals surface area contributed by atoms with Crippen molar-refractivity contribution in [3.63, 3.8) is 0 Å². The third-order valence-electron chi connectivity index (χ3n) is 6.70. The number of imidazole rings is 1. The summed E-state index contributed by atoms with van der Waals surface area (Å²) in [6.45, 7) is 1.12. The molecular formula is C24H28F3N9O. The van der Waals surface area contributed by atoms with E-state index in [1.807, 2.05) is 16.6 Å². The maximum absolute atomic E-state index is 13.0. The fourth-order valence-corrected chi connectivity index (χ4v) is 4.67. The van der Waals surface area contributed by atoms with E-state index in [4.69, 9.17) is 21.3 Å². The molecule has 13 heteroatoms. The SMILES string of the molecule is COc1ncnc(C2CC2)c1-c1nn(C)c2c1CN(/C(N)=C/C=C(\N)c1nc(C(F)(F)F)cn1C)CC2. The number of rotatable bonds is 6. The van der Waals surface area contributed by atoms with Crippen molar-refractivity contribution < 1.29 is 17.9 Å². The fraction of sp³-hybridized carbons (Fsp3) is 0.417. The summed E-state index contributed by atoms with van der Waals surface area (Å²) in [5.74, 6) is 1.29. The second kappa shape index (κ2) is 9.12. The predicted molar refractivity (Wildman–Crippen MR) is 130 cm³/mol. The largest absolute Gasteiger partial charge is 0.480 e. The normalized spacial score (nSPS) is 16.8. The van der Waals surface area contributed by atoms with Crippen molar-refractivity contribution in [2.24, 2.45) is 25.6 Å². The molecule has 4 N–H and O–H groups in total. The van der Waals surface area contributed by atoms with Crippen LogP contribution in [0.3, 0.4) is 0 Å². The maximum Gasteiger partial charge on any atom is 0.434 e. The van der Waals surface area contributed by atoms with E-state index in [2.05, 4.69) is 15.0 Å². The smallest absolute Gasteiger partial charge is 0.434 e. The van der Waals surface area contributed by atoms with Crippen molar-refractivity contribution >= 4 is 5.70 Å². The molecule has 0 aromatic carbocycles. The van der Waals surface area contributed by atoms with Crippen LogP contribution in [-0.4, -0.2) is 47.9 Å². The molecule has 0 radical (unpaired) electrons. The van der Waals surface area contributed by atoms with Crippen LogP contribution in [0.1, 0.15) is 47.2 Å². The van der Waals surface area contributed by atoms with Crippen LogP contribution in [0.5, 0.6) is 5.88 Å². The minimum atomic E-state index is -4.55. The number of nitrogens with two attached hydrogens (primary N) is 2. The van der Waals surface area contributed by atoms with Gasteiger partial charge in [0.1, 0.15) is 12.0 Å². The van der Waals surface area contributed by atoms with Crippen LogP contribution < -0.4 is 16.2 Å². The molecule has 1 fully saturated rings. The quantitative estimate of drug-likeness (QED) is 0.480. The van der Waals surface area contributed by atoms with Gasteiger partial charge < -0.3 is 25.7 Å². The monoisotopic (exact) mass is 515 g/mol. The number of halogens is 3. The van der Waals surface area contributed by atoms with Crippen molar-refractivity contribution in [2.45, 2.75) is 37.9 Å². The lowest BCUT2D eigenvalue weighted by Crippen LogP contribution is -2.33. The number of hydrogen-bond acceptors (Lipinski definition) is 8. The molecule has 1 aliphatic carbocycles. The minimum Gasteiger partial charge on any atom is -0.480 e. The summed E-state index contributed by atoms with van der Waals surface area (Å²) >= 11 is 0. The van der Waals surface area contributed by atoms with Crippen LogP contribution >= 0.6 is 0 Å². The van der Waals surface area contributed by atoms with Crippen LogP contribution in [0.25, 0.3) is 17.0 Å². The van der Waals surface area contributed by atoms with Gasteiger partial charge in [-0.3, -0.25) is 4.68 Å². The molecule has 0 unspecified atom stereocenters. The molecule has 5 rings (SSSR count). The van der Waals surface area contributed by atoms with Crippen molar-refractivity contribution in [2.75, 3.05) is 13.7 Å². The second-order valence-corrected chi connectivity index (χ2v) is 9.26. The van der Waals surface area contributed by atoms with Crippen LogP contribution in [0, 0.1) is 0 Å². The Kier molecular flexibility index (Phi) is 6.08. The van der Waals surface area contributed by atoms with Gasteiger partial charge in [0.2, 0.25) is 5.88 Å². The van der Waals surface area contributed by atoms with E-state index in [9.17, 15) is 13.2 Å². The minimum absolute atomic E-state index is 0.00984. The molecule has 3 aromatic heterocycles. The van der Waals surface area contributed by atoms with Gasteiger partial charge in [-0.1, -0.05) is 0 Å². The molecular weight excluding hydrogens is 487 g/mol. The van der Waals surface area contributed by atoms with Crippen LogP contribution in [0.2, 0.25) is 0 Å². The summed E-state index contributed by atoms with van der Waals surface area (Å²) in [6, 6.07) is 0. The molecule has 0 saturated heterocycles. The molecule has 0 atom stereocenters. The van der Waals surface area contributed by atoms with Crippen LogP contribution in [0.15, 0.2) is 30.5 Å². The number of nitrogens with zero attached hydrogens (tertiary/aromatic N) is 7. The fourth-order valence-electron chi connectivity index (χ4n) is 4.67. The van der Waals surface area contributed by atoms with Gasteiger partial charge in [-0.05, 0) is 25.0 Å². The van der Waals surface area contributed by atoms with Crippen LogP contribution in [0.4, 0.5) is 13.2 Å². The molecule has 0 amide bonds. The van der Waals surface area contributed by atoms with Gasteiger partial charge in [0, 0.05) is 57.0 Å². The number of hydrogen-bond donors (Lipinski definition) is 2. The first-order valence-corrected chi connectivity index (χ1v) is 11.8. The summed E-state index contributed by atoms with van der Waals surface area (Å²) in [7, 11) is 4.95. The Balaban J connectivity index is 1.44. The third-order valence-corrected chi connectivity index (χ3v) is 6.70. The predicted octanol–water partition coefficient (Wildman–Crippen LogP) is 2.67. The number of fused-ring (bicyclic) bond motifs is 1. The molecule has 4 heterocycles. The highest BCUT2D eigenvalue weighted by molar-refractivity contribution is 5.72. The van der Waals surface area contributed by atoms with Crippen molar-refractivity contribution in [1.82, 2.24) is 34.2 Å². The van der Waals surface area contributed by atoms with Gasteiger partial charge in [0.15, 0.2) is 11.5 Å². The number of methoxy groups -OCH3 is 1. The van der Waals surface area contributed by atoms with E-state index in [1.54, 1.807) is 13.2 Å². The number of aromatic nitrogens is 6. The van der Waals surface area contributed by atoms with Crippen molar-refractivity contribution in [3.05, 3.63) is 59.0 Å². The summed E-state index contributed by atoms with van der Waals surface area (Å²) in [5.41, 5.74) is 16.1. The lowest BCUT2D eigenvalue weighted by Gasteiger charge is -2.29. The van der Waals surface area contributed by atoms with E-state index in [0.717, 1.165) is 47.2 Å². The molecule has 1 saturated carbocycles. The Hall–Kier alpha value is -4.03. The molecule has 0 bridgehead atoms. The first-order valence-electron chi connectivity index (χ1n) is 11.8. The topological polar surface area (TPSA) is 126 Å². The first kappa shape index (κ1) is 24.7. The Morgan fingerprint density at radius 1 is 1.16 bits per heavy atom. The summed E-state index contributed by atoms with van der Waals surface area (Å²) < 4.78 is 47.7. The van der Waals surface area contributed by atoms with E-state index < -0.39 is 11.9 Å². The van der Waals surface area contributed by atoms with Gasteiger partial charge in [0.05, 0.1) is 29.9 Å². The highest BCUT2D eigenvalue weighted by Crippen LogP contribution is 2.46. The number of alkyl halides is 3. The lowest BCUT2D eigenvalue weighted by molar-refractivity contribution is -0.141. The van der Waals surface area contributed by atoms with E-state index in [1.165, 1.54) is 24.0 Å². The van der Waals surface area contributed by atoms with E-state index in [0.29, 0.717) is 37.1 Å². The third kappa shape index (κ3) is 4.60. The summed E-state index contributed by atoms with van der Waals surface area (Å²) in [5, 5.41) is 4.82. The van der Waals surface area contributed by atoms with Gasteiger partial charge in [-0.15, -0.1) is 0 Å². The number of ether oxygens (including phenoxy) is 1.